The number of pyridine rings is 1. The lowest BCUT2D eigenvalue weighted by Crippen LogP contribution is -2.01. The molecule has 86 valence electrons. The van der Waals surface area contributed by atoms with E-state index in [4.69, 9.17) is 0 Å². The number of aromatic nitrogens is 1. The van der Waals surface area contributed by atoms with Gasteiger partial charge in [-0.2, -0.15) is 4.99 Å². The molecule has 0 atom stereocenters. The van der Waals surface area contributed by atoms with E-state index in [0.29, 0.717) is 11.6 Å². The van der Waals surface area contributed by atoms with Gasteiger partial charge in [-0.15, -0.1) is 0 Å². The summed E-state index contributed by atoms with van der Waals surface area (Å²) in [5.74, 6) is 0.579. The second-order valence-corrected chi connectivity index (χ2v) is 4.60. The molecule has 0 amide bonds. The van der Waals surface area contributed by atoms with Gasteiger partial charge in [-0.1, -0.05) is 27.7 Å². The van der Waals surface area contributed by atoms with Crippen molar-refractivity contribution < 1.29 is 4.79 Å². The number of aryl methyl sites for hydroxylation is 1. The molecule has 0 saturated heterocycles. The third kappa shape index (κ3) is 2.56. The Bertz CT molecular complexity index is 401. The Kier molecular flexibility index (Phi) is 3.97. The van der Waals surface area contributed by atoms with E-state index < -0.39 is 0 Å². The second-order valence-electron chi connectivity index (χ2n) is 4.60. The predicted molar refractivity (Wildman–Crippen MR) is 64.9 cm³/mol. The third-order valence-corrected chi connectivity index (χ3v) is 2.50. The molecule has 1 heterocycles. The molecule has 0 aliphatic heterocycles. The Labute approximate surface area is 96.6 Å². The highest BCUT2D eigenvalue weighted by Crippen LogP contribution is 2.33. The Balaban J connectivity index is 3.53. The maximum atomic E-state index is 10.5. The first-order chi connectivity index (χ1) is 7.47. The predicted octanol–water partition coefficient (Wildman–Crippen LogP) is 3.60. The van der Waals surface area contributed by atoms with Gasteiger partial charge in [-0.25, -0.2) is 4.79 Å². The fourth-order valence-electron chi connectivity index (χ4n) is 1.73. The summed E-state index contributed by atoms with van der Waals surface area (Å²) in [7, 11) is 0. The fraction of sp³-hybridized carbons (Fsp3) is 0.538. The summed E-state index contributed by atoms with van der Waals surface area (Å²) >= 11 is 0. The van der Waals surface area contributed by atoms with Crippen molar-refractivity contribution in [2.24, 2.45) is 4.99 Å². The van der Waals surface area contributed by atoms with Crippen LogP contribution < -0.4 is 0 Å². The highest BCUT2D eigenvalue weighted by molar-refractivity contribution is 5.58. The Morgan fingerprint density at radius 2 is 1.88 bits per heavy atom. The van der Waals surface area contributed by atoms with E-state index >= 15 is 0 Å². The van der Waals surface area contributed by atoms with Crippen molar-refractivity contribution >= 4 is 11.8 Å². The average molecular weight is 218 g/mol. The summed E-state index contributed by atoms with van der Waals surface area (Å²) in [6.07, 6.45) is 1.63. The van der Waals surface area contributed by atoms with Crippen LogP contribution in [0.4, 0.5) is 5.69 Å². The number of hydrogen-bond donors (Lipinski definition) is 0. The van der Waals surface area contributed by atoms with E-state index in [1.807, 2.05) is 13.0 Å². The zero-order chi connectivity index (χ0) is 12.3. The van der Waals surface area contributed by atoms with Crippen LogP contribution in [0.15, 0.2) is 11.1 Å². The fourth-order valence-corrected chi connectivity index (χ4v) is 1.73. The molecule has 0 bridgehead atoms. The maximum absolute atomic E-state index is 10.5. The normalized spacial score (nSPS) is 10.7. The molecule has 0 radical (unpaired) electrons. The minimum atomic E-state index is 0.254. The molecular formula is C13H18N2O. The van der Waals surface area contributed by atoms with Crippen LogP contribution in [-0.2, 0) is 4.79 Å². The quantitative estimate of drug-likeness (QED) is 0.574. The first-order valence-electron chi connectivity index (χ1n) is 5.56. The minimum absolute atomic E-state index is 0.254. The van der Waals surface area contributed by atoms with Crippen molar-refractivity contribution in [1.29, 1.82) is 0 Å². The number of carbonyl (C=O) groups excluding carboxylic acids is 1. The molecule has 0 aliphatic rings. The van der Waals surface area contributed by atoms with Crippen LogP contribution in [0, 0.1) is 6.92 Å². The summed E-state index contributed by atoms with van der Waals surface area (Å²) in [4.78, 5) is 18.8. The number of hydrogen-bond acceptors (Lipinski definition) is 3. The number of isocyanates is 1. The van der Waals surface area contributed by atoms with Crippen LogP contribution in [0.5, 0.6) is 0 Å². The van der Waals surface area contributed by atoms with Crippen molar-refractivity contribution in [3.8, 4) is 0 Å². The van der Waals surface area contributed by atoms with Crippen LogP contribution in [0.1, 0.15) is 56.5 Å². The van der Waals surface area contributed by atoms with E-state index in [2.05, 4.69) is 37.7 Å². The summed E-state index contributed by atoms with van der Waals surface area (Å²) in [6, 6.07) is 1.99. The van der Waals surface area contributed by atoms with Gasteiger partial charge in [-0.05, 0) is 30.4 Å². The summed E-state index contributed by atoms with van der Waals surface area (Å²) in [5, 5.41) is 0. The SMILES string of the molecule is Cc1cc(C(C)C)c(N=C=O)c(C(C)C)n1. The molecule has 0 N–H and O–H groups in total. The van der Waals surface area contributed by atoms with Crippen molar-refractivity contribution in [3.63, 3.8) is 0 Å². The van der Waals surface area contributed by atoms with Crippen LogP contribution in [0.3, 0.4) is 0 Å². The van der Waals surface area contributed by atoms with Crippen molar-refractivity contribution in [3.05, 3.63) is 23.0 Å². The van der Waals surface area contributed by atoms with E-state index in [9.17, 15) is 4.79 Å². The molecule has 1 aromatic rings. The van der Waals surface area contributed by atoms with Crippen molar-refractivity contribution in [2.75, 3.05) is 0 Å². The van der Waals surface area contributed by atoms with E-state index in [1.54, 1.807) is 6.08 Å². The second kappa shape index (κ2) is 5.04. The first-order valence-corrected chi connectivity index (χ1v) is 5.56. The zero-order valence-corrected chi connectivity index (χ0v) is 10.5. The molecule has 1 rings (SSSR count). The summed E-state index contributed by atoms with van der Waals surface area (Å²) in [5.41, 5.74) is 3.62. The van der Waals surface area contributed by atoms with Gasteiger partial charge in [0.05, 0.1) is 5.69 Å². The molecule has 0 saturated carbocycles. The van der Waals surface area contributed by atoms with Gasteiger partial charge in [0.15, 0.2) is 0 Å². The molecule has 0 unspecified atom stereocenters. The smallest absolute Gasteiger partial charge is 0.240 e. The summed E-state index contributed by atoms with van der Waals surface area (Å²) < 4.78 is 0. The lowest BCUT2D eigenvalue weighted by atomic mass is 9.96. The molecule has 0 aliphatic carbocycles. The maximum Gasteiger partial charge on any atom is 0.240 e. The minimum Gasteiger partial charge on any atom is -0.256 e. The van der Waals surface area contributed by atoms with Crippen LogP contribution in [-0.4, -0.2) is 11.1 Å². The van der Waals surface area contributed by atoms with Gasteiger partial charge in [0.25, 0.3) is 0 Å². The Morgan fingerprint density at radius 1 is 1.25 bits per heavy atom. The molecule has 0 fully saturated rings. The third-order valence-electron chi connectivity index (χ3n) is 2.50. The van der Waals surface area contributed by atoms with E-state index in [0.717, 1.165) is 17.0 Å². The van der Waals surface area contributed by atoms with Gasteiger partial charge < -0.3 is 0 Å². The highest BCUT2D eigenvalue weighted by atomic mass is 16.1. The van der Waals surface area contributed by atoms with Gasteiger partial charge >= 0.3 is 0 Å². The average Bonchev–Trinajstić information content (AvgIpc) is 2.19. The molecular weight excluding hydrogens is 200 g/mol. The first kappa shape index (κ1) is 12.6. The van der Waals surface area contributed by atoms with Crippen LogP contribution in [0.25, 0.3) is 0 Å². The topological polar surface area (TPSA) is 42.3 Å². The number of nitrogens with zero attached hydrogens (tertiary/aromatic N) is 2. The number of rotatable bonds is 3. The zero-order valence-electron chi connectivity index (χ0n) is 10.5. The number of aliphatic imine (C=N–C) groups is 1. The monoisotopic (exact) mass is 218 g/mol. The van der Waals surface area contributed by atoms with Gasteiger partial charge in [0.2, 0.25) is 6.08 Å². The molecule has 3 nitrogen and oxygen atoms in total. The standard InChI is InChI=1S/C13H18N2O/c1-8(2)11-6-10(5)15-12(9(3)4)13(11)14-7-16/h6,8-9H,1-5H3. The van der Waals surface area contributed by atoms with Crippen molar-refractivity contribution in [1.82, 2.24) is 4.98 Å². The van der Waals surface area contributed by atoms with Crippen LogP contribution >= 0.6 is 0 Å². The van der Waals surface area contributed by atoms with Crippen LogP contribution in [0.2, 0.25) is 0 Å². The molecule has 3 heteroatoms. The van der Waals surface area contributed by atoms with E-state index in [-0.39, 0.29) is 5.92 Å². The van der Waals surface area contributed by atoms with Gasteiger partial charge in [0, 0.05) is 5.69 Å². The largest absolute Gasteiger partial charge is 0.256 e. The lowest BCUT2D eigenvalue weighted by Gasteiger charge is -2.15. The van der Waals surface area contributed by atoms with Crippen molar-refractivity contribution in [2.45, 2.75) is 46.5 Å². The van der Waals surface area contributed by atoms with Gasteiger partial charge in [0.1, 0.15) is 5.69 Å². The lowest BCUT2D eigenvalue weighted by molar-refractivity contribution is 0.565. The summed E-state index contributed by atoms with van der Waals surface area (Å²) in [6.45, 7) is 10.2. The Morgan fingerprint density at radius 3 is 2.31 bits per heavy atom. The molecule has 16 heavy (non-hydrogen) atoms. The highest BCUT2D eigenvalue weighted by Gasteiger charge is 2.15. The molecule has 0 spiro atoms. The van der Waals surface area contributed by atoms with E-state index in [1.165, 1.54) is 0 Å². The van der Waals surface area contributed by atoms with Gasteiger partial charge in [-0.3, -0.25) is 4.98 Å². The molecule has 1 aromatic heterocycles. The Hall–Kier alpha value is -1.47. The molecule has 0 aromatic carbocycles.